The second-order valence-electron chi connectivity index (χ2n) is 10.7. The van der Waals surface area contributed by atoms with E-state index >= 15 is 0 Å². The average molecular weight is 638 g/mol. The van der Waals surface area contributed by atoms with Crippen molar-refractivity contribution < 1.29 is 23.1 Å². The number of fused-ring (bicyclic) bond motifs is 1. The maximum Gasteiger partial charge on any atom is 0.259 e. The molecular weight excluding hydrogens is 609 g/mol. The Morgan fingerprint density at radius 1 is 1.05 bits per heavy atom. The number of nitrogens with zero attached hydrogens (tertiary/aromatic N) is 2. The van der Waals surface area contributed by atoms with E-state index in [0.717, 1.165) is 6.07 Å². The smallest absolute Gasteiger partial charge is 0.259 e. The highest BCUT2D eigenvalue weighted by Gasteiger charge is 2.23. The van der Waals surface area contributed by atoms with Crippen LogP contribution in [-0.4, -0.2) is 34.6 Å². The Kier molecular flexibility index (Phi) is 9.65. The van der Waals surface area contributed by atoms with Crippen LogP contribution in [0.15, 0.2) is 42.5 Å². The third-order valence-corrected chi connectivity index (χ3v) is 7.67. The molecule has 0 bridgehead atoms. The quantitative estimate of drug-likeness (QED) is 0.199. The number of amides is 2. The van der Waals surface area contributed by atoms with Crippen LogP contribution in [-0.2, 0) is 24.8 Å². The Labute approximate surface area is 257 Å². The Morgan fingerprint density at radius 2 is 1.79 bits per heavy atom. The number of alkyl halides is 1. The van der Waals surface area contributed by atoms with Crippen LogP contribution in [0, 0.1) is 11.2 Å². The van der Waals surface area contributed by atoms with E-state index in [4.69, 9.17) is 44.5 Å². The maximum atomic E-state index is 13.6. The summed E-state index contributed by atoms with van der Waals surface area (Å²) >= 11 is 19.1. The Bertz CT molecular complexity index is 1670. The van der Waals surface area contributed by atoms with Crippen molar-refractivity contribution in [3.05, 3.63) is 85.9 Å². The minimum absolute atomic E-state index is 0.105. The van der Waals surface area contributed by atoms with Crippen molar-refractivity contribution in [3.8, 4) is 5.75 Å². The van der Waals surface area contributed by atoms with Gasteiger partial charge in [-0.15, -0.1) is 0 Å². The fourth-order valence-electron chi connectivity index (χ4n) is 4.19. The van der Waals surface area contributed by atoms with Crippen LogP contribution in [0.25, 0.3) is 11.0 Å². The molecule has 0 saturated carbocycles. The zero-order chi connectivity index (χ0) is 30.8. The summed E-state index contributed by atoms with van der Waals surface area (Å²) in [5.74, 6) is -0.572. The lowest BCUT2D eigenvalue weighted by Gasteiger charge is -2.18. The number of benzene rings is 3. The Balaban J connectivity index is 1.67. The fourth-order valence-corrected chi connectivity index (χ4v) is 4.94. The number of aryl methyl sites for hydroxylation is 1. The van der Waals surface area contributed by atoms with Crippen molar-refractivity contribution in [3.63, 3.8) is 0 Å². The summed E-state index contributed by atoms with van der Waals surface area (Å²) in [6.45, 7) is 4.68. The lowest BCUT2D eigenvalue weighted by Crippen LogP contribution is -2.34. The third kappa shape index (κ3) is 6.97. The average Bonchev–Trinajstić information content (AvgIpc) is 3.24. The molecule has 4 aromatic rings. The molecule has 42 heavy (non-hydrogen) atoms. The molecule has 2 N–H and O–H groups in total. The number of imidazole rings is 1. The van der Waals surface area contributed by atoms with Crippen molar-refractivity contribution in [1.82, 2.24) is 14.9 Å². The first-order valence-corrected chi connectivity index (χ1v) is 14.1. The molecule has 0 saturated heterocycles. The molecule has 7 nitrogen and oxygen atoms in total. The number of aromatic nitrogens is 2. The molecule has 1 heterocycles. The normalized spacial score (nSPS) is 11.5. The highest BCUT2D eigenvalue weighted by atomic mass is 35.5. The second kappa shape index (κ2) is 12.9. The molecular formula is C30H29Cl3F2N4O3. The van der Waals surface area contributed by atoms with Gasteiger partial charge in [-0.25, -0.2) is 13.8 Å². The third-order valence-electron chi connectivity index (χ3n) is 6.55. The molecule has 4 rings (SSSR count). The molecule has 0 fully saturated rings. The number of rotatable bonds is 9. The number of carbonyl (C=O) groups excluding carboxylic acids is 2. The van der Waals surface area contributed by atoms with E-state index in [9.17, 15) is 18.4 Å². The number of carbonyl (C=O) groups is 2. The summed E-state index contributed by atoms with van der Waals surface area (Å²) in [7, 11) is 1.79. The zero-order valence-electron chi connectivity index (χ0n) is 23.4. The van der Waals surface area contributed by atoms with Crippen molar-refractivity contribution in [2.75, 3.05) is 18.6 Å². The SMILES string of the molecule is Cn1c(Cc2c(Cl)ccc(CNC(=O)C(C)(C)C)c2Cl)nc2cc(C(=O)Nc3ccc(F)c(Cl)c3)c(OCCF)cc21. The van der Waals surface area contributed by atoms with Gasteiger partial charge < -0.3 is 19.9 Å². The molecule has 0 aliphatic rings. The van der Waals surface area contributed by atoms with Gasteiger partial charge in [0, 0.05) is 42.2 Å². The predicted octanol–water partition coefficient (Wildman–Crippen LogP) is 7.53. The van der Waals surface area contributed by atoms with Gasteiger partial charge in [-0.3, -0.25) is 9.59 Å². The van der Waals surface area contributed by atoms with Gasteiger partial charge in [-0.05, 0) is 41.5 Å². The van der Waals surface area contributed by atoms with E-state index in [1.165, 1.54) is 18.2 Å². The zero-order valence-corrected chi connectivity index (χ0v) is 25.6. The van der Waals surface area contributed by atoms with E-state index in [1.54, 1.807) is 29.8 Å². The van der Waals surface area contributed by atoms with E-state index in [-0.39, 0.29) is 47.5 Å². The van der Waals surface area contributed by atoms with E-state index in [0.29, 0.717) is 38.0 Å². The highest BCUT2D eigenvalue weighted by Crippen LogP contribution is 2.33. The standard InChI is InChI=1S/C30H29Cl3F2N4O3/c1-30(2,3)29(41)36-15-16-5-7-20(31)18(27(16)33)13-26-38-23-12-19(25(42-10-9-34)14-24(23)39(26)4)28(40)37-17-6-8-22(35)21(32)11-17/h5-8,11-12,14H,9-10,13,15H2,1-4H3,(H,36,41)(H,37,40). The molecule has 2 amide bonds. The largest absolute Gasteiger partial charge is 0.490 e. The first-order valence-electron chi connectivity index (χ1n) is 13.0. The van der Waals surface area contributed by atoms with Crippen LogP contribution in [0.2, 0.25) is 15.1 Å². The van der Waals surface area contributed by atoms with Crippen LogP contribution >= 0.6 is 34.8 Å². The molecule has 3 aromatic carbocycles. The molecule has 1 aromatic heterocycles. The van der Waals surface area contributed by atoms with Gasteiger partial charge >= 0.3 is 0 Å². The van der Waals surface area contributed by atoms with Crippen LogP contribution in [0.1, 0.15) is 48.1 Å². The van der Waals surface area contributed by atoms with Crippen molar-refractivity contribution >= 4 is 63.3 Å². The molecule has 12 heteroatoms. The number of hydrogen-bond acceptors (Lipinski definition) is 4. The molecule has 0 aliphatic heterocycles. The molecule has 222 valence electrons. The topological polar surface area (TPSA) is 85.2 Å². The molecule has 0 radical (unpaired) electrons. The van der Waals surface area contributed by atoms with Crippen molar-refractivity contribution in [2.24, 2.45) is 12.5 Å². The van der Waals surface area contributed by atoms with Gasteiger partial charge in [0.05, 0.1) is 26.6 Å². The second-order valence-corrected chi connectivity index (χ2v) is 11.8. The first kappa shape index (κ1) is 31.5. The summed E-state index contributed by atoms with van der Waals surface area (Å²) in [5, 5.41) is 6.25. The minimum Gasteiger partial charge on any atom is -0.490 e. The van der Waals surface area contributed by atoms with Crippen LogP contribution in [0.4, 0.5) is 14.5 Å². The van der Waals surface area contributed by atoms with Gasteiger partial charge in [-0.2, -0.15) is 0 Å². The summed E-state index contributed by atoms with van der Waals surface area (Å²) in [6, 6.07) is 10.4. The highest BCUT2D eigenvalue weighted by molar-refractivity contribution is 6.36. The number of halogens is 5. The van der Waals surface area contributed by atoms with Crippen LogP contribution < -0.4 is 15.4 Å². The van der Waals surface area contributed by atoms with Crippen LogP contribution in [0.5, 0.6) is 5.75 Å². The van der Waals surface area contributed by atoms with Gasteiger partial charge in [0.2, 0.25) is 5.91 Å². The molecule has 0 atom stereocenters. The molecule has 0 aliphatic carbocycles. The Morgan fingerprint density at radius 3 is 2.45 bits per heavy atom. The summed E-state index contributed by atoms with van der Waals surface area (Å²) < 4.78 is 33.9. The minimum atomic E-state index is -0.757. The number of hydrogen-bond donors (Lipinski definition) is 2. The van der Waals surface area contributed by atoms with E-state index in [2.05, 4.69) is 10.6 Å². The molecule has 0 spiro atoms. The predicted molar refractivity (Wildman–Crippen MR) is 162 cm³/mol. The number of anilines is 1. The van der Waals surface area contributed by atoms with Gasteiger partial charge in [0.25, 0.3) is 5.91 Å². The fraction of sp³-hybridized carbons (Fsp3) is 0.300. The monoisotopic (exact) mass is 636 g/mol. The lowest BCUT2D eigenvalue weighted by atomic mass is 9.95. The Hall–Kier alpha value is -3.40. The van der Waals surface area contributed by atoms with Gasteiger partial charge in [0.15, 0.2) is 0 Å². The van der Waals surface area contributed by atoms with Crippen molar-refractivity contribution in [2.45, 2.75) is 33.7 Å². The summed E-state index contributed by atoms with van der Waals surface area (Å²) in [5.41, 5.74) is 2.25. The number of nitrogens with one attached hydrogen (secondary N) is 2. The number of ether oxygens (including phenoxy) is 1. The van der Waals surface area contributed by atoms with E-state index in [1.807, 2.05) is 20.8 Å². The van der Waals surface area contributed by atoms with Gasteiger partial charge in [0.1, 0.15) is 30.7 Å². The maximum absolute atomic E-state index is 13.6. The molecule has 0 unspecified atom stereocenters. The first-order chi connectivity index (χ1) is 19.8. The lowest BCUT2D eigenvalue weighted by molar-refractivity contribution is -0.128. The van der Waals surface area contributed by atoms with Crippen molar-refractivity contribution in [1.29, 1.82) is 0 Å². The summed E-state index contributed by atoms with van der Waals surface area (Å²) in [6.07, 6.45) is 0.250. The van der Waals surface area contributed by atoms with E-state index < -0.39 is 23.8 Å². The van der Waals surface area contributed by atoms with Crippen LogP contribution in [0.3, 0.4) is 0 Å². The summed E-state index contributed by atoms with van der Waals surface area (Å²) in [4.78, 5) is 30.3. The van der Waals surface area contributed by atoms with Gasteiger partial charge in [-0.1, -0.05) is 61.6 Å².